The number of carbonyl (C=O) groups is 1. The van der Waals surface area contributed by atoms with Crippen molar-refractivity contribution in [1.29, 1.82) is 0 Å². The summed E-state index contributed by atoms with van der Waals surface area (Å²) in [5.41, 5.74) is -3.55. The summed E-state index contributed by atoms with van der Waals surface area (Å²) in [6.45, 7) is -0.728. The number of fused-ring (bicyclic) bond motifs is 1. The van der Waals surface area contributed by atoms with Gasteiger partial charge in [-0.2, -0.15) is 0 Å². The van der Waals surface area contributed by atoms with E-state index in [1.54, 1.807) is 0 Å². The van der Waals surface area contributed by atoms with E-state index in [0.717, 1.165) is 17.2 Å². The Kier molecular flexibility index (Phi) is 4.92. The van der Waals surface area contributed by atoms with E-state index >= 15 is 0 Å². The number of aliphatic hydroxyl groups excluding tert-OH is 3. The minimum atomic E-state index is -2.57. The molecule has 1 fully saturated rings. The van der Waals surface area contributed by atoms with Crippen LogP contribution in [-0.4, -0.2) is 65.7 Å². The van der Waals surface area contributed by atoms with Gasteiger partial charge in [-0.25, -0.2) is 9.97 Å². The van der Waals surface area contributed by atoms with Crippen LogP contribution in [0.25, 0.3) is 11.2 Å². The number of nitrogens with one attached hydrogen (secondary N) is 1. The molecule has 4 atom stereocenters. The van der Waals surface area contributed by atoms with Gasteiger partial charge in [0.1, 0.15) is 24.6 Å². The van der Waals surface area contributed by atoms with E-state index in [0.29, 0.717) is 0 Å². The van der Waals surface area contributed by atoms with Crippen LogP contribution >= 0.6 is 0 Å². The first-order chi connectivity index (χ1) is 10.4. The summed E-state index contributed by atoms with van der Waals surface area (Å²) in [4.78, 5) is 33.0. The molecule has 2 aromatic heterocycles. The van der Waals surface area contributed by atoms with Gasteiger partial charge in [0.2, 0.25) is 5.72 Å². The maximum absolute atomic E-state index is 11.6. The molecule has 1 aliphatic heterocycles. The average Bonchev–Trinajstić information content (AvgIpc) is 3.02. The number of aliphatic hydroxyl groups is 3. The van der Waals surface area contributed by atoms with Crippen molar-refractivity contribution in [3.63, 3.8) is 0 Å². The third kappa shape index (κ3) is 2.41. The van der Waals surface area contributed by atoms with Gasteiger partial charge in [0.05, 0.1) is 18.9 Å². The SMILES string of the molecule is O=C([O-])[C@@]1(n2cnc3c(=O)[nH]cnc32)O[C@H](CO)[C@@H](O)[C@H]1O.[Na+]. The molecule has 0 saturated carbocycles. The Morgan fingerprint density at radius 3 is 2.74 bits per heavy atom. The second-order valence-corrected chi connectivity index (χ2v) is 4.78. The van der Waals surface area contributed by atoms with E-state index in [9.17, 15) is 24.9 Å². The van der Waals surface area contributed by atoms with Gasteiger partial charge in [0.25, 0.3) is 5.56 Å². The fraction of sp³-hybridized carbons (Fsp3) is 0.455. The van der Waals surface area contributed by atoms with Crippen molar-refractivity contribution in [2.75, 3.05) is 6.61 Å². The van der Waals surface area contributed by atoms with Crippen LogP contribution in [0, 0.1) is 0 Å². The summed E-state index contributed by atoms with van der Waals surface area (Å²) in [7, 11) is 0. The number of aromatic amines is 1. The molecule has 118 valence electrons. The van der Waals surface area contributed by atoms with Gasteiger partial charge >= 0.3 is 29.6 Å². The van der Waals surface area contributed by atoms with Crippen molar-refractivity contribution in [3.8, 4) is 0 Å². The number of aliphatic carboxylic acids is 1. The predicted molar refractivity (Wildman–Crippen MR) is 65.1 cm³/mol. The zero-order valence-electron chi connectivity index (χ0n) is 11.9. The molecule has 0 radical (unpaired) electrons. The van der Waals surface area contributed by atoms with Crippen LogP contribution in [-0.2, 0) is 15.3 Å². The standard InChI is InChI=1S/C11H12N4O7.Na/c16-1-4-6(17)7(18)11(22-4,10(20)21)15-3-14-5-8(15)12-2-13-9(5)19;/h2-4,6-7,16-18H,1H2,(H,20,21)(H,12,13,19);/q;+1/p-1/t4-,6-,7-,11+;/m1./s1. The van der Waals surface area contributed by atoms with Crippen LogP contribution in [0.15, 0.2) is 17.4 Å². The number of aromatic nitrogens is 4. The Hall–Kier alpha value is -1.34. The monoisotopic (exact) mass is 334 g/mol. The van der Waals surface area contributed by atoms with Gasteiger partial charge in [0, 0.05) is 0 Å². The second-order valence-electron chi connectivity index (χ2n) is 4.78. The van der Waals surface area contributed by atoms with Crippen molar-refractivity contribution in [3.05, 3.63) is 23.0 Å². The smallest absolute Gasteiger partial charge is 0.545 e. The number of hydrogen-bond acceptors (Lipinski definition) is 9. The Bertz CT molecular complexity index is 792. The molecule has 23 heavy (non-hydrogen) atoms. The zero-order chi connectivity index (χ0) is 16.1. The first-order valence-electron chi connectivity index (χ1n) is 6.21. The van der Waals surface area contributed by atoms with Crippen molar-refractivity contribution in [1.82, 2.24) is 19.5 Å². The molecule has 2 aromatic rings. The molecule has 0 spiro atoms. The van der Waals surface area contributed by atoms with E-state index in [-0.39, 0.29) is 40.7 Å². The van der Waals surface area contributed by atoms with Gasteiger partial charge in [-0.05, 0) is 0 Å². The predicted octanol–water partition coefficient (Wildman–Crippen LogP) is -7.36. The molecule has 0 aliphatic carbocycles. The largest absolute Gasteiger partial charge is 1.00 e. The summed E-state index contributed by atoms with van der Waals surface area (Å²) in [5, 5.41) is 40.7. The maximum Gasteiger partial charge on any atom is 1.00 e. The Balaban J connectivity index is 0.00000192. The number of H-pyrrole nitrogens is 1. The summed E-state index contributed by atoms with van der Waals surface area (Å²) < 4.78 is 5.92. The quantitative estimate of drug-likeness (QED) is 0.397. The number of hydrogen-bond donors (Lipinski definition) is 4. The molecule has 4 N–H and O–H groups in total. The minimum Gasteiger partial charge on any atom is -0.545 e. The Morgan fingerprint density at radius 1 is 1.48 bits per heavy atom. The molecular formula is C11H11N4NaO7. The van der Waals surface area contributed by atoms with E-state index in [2.05, 4.69) is 15.0 Å². The maximum atomic E-state index is 11.6. The fourth-order valence-corrected chi connectivity index (χ4v) is 2.51. The molecule has 3 heterocycles. The van der Waals surface area contributed by atoms with Gasteiger partial charge in [0.15, 0.2) is 11.2 Å². The van der Waals surface area contributed by atoms with Crippen molar-refractivity contribution in [2.24, 2.45) is 0 Å². The van der Waals surface area contributed by atoms with Crippen LogP contribution < -0.4 is 40.2 Å². The summed E-state index contributed by atoms with van der Waals surface area (Å²) in [5.74, 6) is -1.88. The first kappa shape index (κ1) is 18.0. The van der Waals surface area contributed by atoms with Crippen LogP contribution in [0.5, 0.6) is 0 Å². The van der Waals surface area contributed by atoms with Crippen molar-refractivity contribution >= 4 is 17.1 Å². The van der Waals surface area contributed by atoms with Gasteiger partial charge in [-0.15, -0.1) is 0 Å². The number of carbonyl (C=O) groups excluding carboxylic acids is 1. The summed E-state index contributed by atoms with van der Waals surface area (Å²) >= 11 is 0. The van der Waals surface area contributed by atoms with Crippen LogP contribution in [0.1, 0.15) is 0 Å². The molecule has 0 unspecified atom stereocenters. The molecule has 0 amide bonds. The summed E-state index contributed by atoms with van der Waals surface area (Å²) in [6, 6.07) is 0. The minimum absolute atomic E-state index is 0. The molecule has 0 aromatic carbocycles. The van der Waals surface area contributed by atoms with E-state index < -0.39 is 42.2 Å². The number of rotatable bonds is 3. The molecule has 1 aliphatic rings. The average molecular weight is 334 g/mol. The molecule has 12 heteroatoms. The molecule has 3 rings (SSSR count). The number of carboxylic acids is 1. The van der Waals surface area contributed by atoms with Crippen LogP contribution in [0.3, 0.4) is 0 Å². The van der Waals surface area contributed by atoms with Gasteiger partial charge in [-0.1, -0.05) is 0 Å². The number of nitrogens with zero attached hydrogens (tertiary/aromatic N) is 3. The van der Waals surface area contributed by atoms with E-state index in [4.69, 9.17) is 9.84 Å². The van der Waals surface area contributed by atoms with E-state index in [1.807, 2.05) is 0 Å². The first-order valence-corrected chi connectivity index (χ1v) is 6.21. The number of carboxylic acid groups (broad SMARTS) is 1. The Morgan fingerprint density at radius 2 is 2.17 bits per heavy atom. The van der Waals surface area contributed by atoms with Crippen molar-refractivity contribution < 1.29 is 59.5 Å². The molecule has 0 bridgehead atoms. The number of imidazole rings is 1. The summed E-state index contributed by atoms with van der Waals surface area (Å²) in [6.07, 6.45) is -3.05. The van der Waals surface area contributed by atoms with Crippen molar-refractivity contribution in [2.45, 2.75) is 24.0 Å². The number of ether oxygens (including phenoxy) is 1. The van der Waals surface area contributed by atoms with Gasteiger partial charge in [-0.3, -0.25) is 9.36 Å². The topological polar surface area (TPSA) is 174 Å². The molecule has 11 nitrogen and oxygen atoms in total. The van der Waals surface area contributed by atoms with Crippen LogP contribution in [0.4, 0.5) is 0 Å². The normalized spacial score (nSPS) is 30.3. The molecule has 1 saturated heterocycles. The van der Waals surface area contributed by atoms with Gasteiger partial charge < -0.3 is 34.9 Å². The second kappa shape index (κ2) is 6.28. The fourth-order valence-electron chi connectivity index (χ4n) is 2.51. The van der Waals surface area contributed by atoms with E-state index in [1.165, 1.54) is 0 Å². The molecular weight excluding hydrogens is 323 g/mol. The van der Waals surface area contributed by atoms with Crippen LogP contribution in [0.2, 0.25) is 0 Å². The third-order valence-electron chi connectivity index (χ3n) is 3.61. The zero-order valence-corrected chi connectivity index (χ0v) is 13.9. The third-order valence-corrected chi connectivity index (χ3v) is 3.61. The Labute approximate surface area is 149 Å².